The average Bonchev–Trinajstić information content (AvgIpc) is 2.55. The second-order valence-electron chi connectivity index (χ2n) is 6.68. The number of anilines is 1. The summed E-state index contributed by atoms with van der Waals surface area (Å²) >= 11 is 0. The van der Waals surface area contributed by atoms with E-state index in [-0.39, 0.29) is 12.0 Å². The molecular formula is C17H27F3N4O2. The molecule has 6 nitrogen and oxygen atoms in total. The van der Waals surface area contributed by atoms with Crippen LogP contribution in [0.5, 0.6) is 0 Å². The molecule has 1 amide bonds. The molecule has 26 heavy (non-hydrogen) atoms. The van der Waals surface area contributed by atoms with Gasteiger partial charge in [-0.05, 0) is 33.6 Å². The van der Waals surface area contributed by atoms with Crippen molar-refractivity contribution in [1.82, 2.24) is 15.3 Å². The summed E-state index contributed by atoms with van der Waals surface area (Å²) in [5.41, 5.74) is -1.42. The molecule has 1 aromatic heterocycles. The lowest BCUT2D eigenvalue weighted by molar-refractivity contribution is -0.138. The summed E-state index contributed by atoms with van der Waals surface area (Å²) in [6.07, 6.45) is -2.05. The Kier molecular flexibility index (Phi) is 7.65. The van der Waals surface area contributed by atoms with E-state index in [2.05, 4.69) is 15.3 Å². The zero-order chi connectivity index (χ0) is 20.0. The second-order valence-corrected chi connectivity index (χ2v) is 6.68. The molecule has 1 aromatic rings. The molecule has 0 aromatic carbocycles. The van der Waals surface area contributed by atoms with Crippen LogP contribution in [0.15, 0.2) is 12.4 Å². The lowest BCUT2D eigenvalue weighted by Gasteiger charge is -2.32. The number of amides is 1. The van der Waals surface area contributed by atoms with Crippen molar-refractivity contribution in [2.24, 2.45) is 0 Å². The van der Waals surface area contributed by atoms with Crippen molar-refractivity contribution < 1.29 is 22.7 Å². The predicted molar refractivity (Wildman–Crippen MR) is 93.0 cm³/mol. The Morgan fingerprint density at radius 2 is 1.65 bits per heavy atom. The molecule has 1 N–H and O–H groups in total. The van der Waals surface area contributed by atoms with Crippen LogP contribution in [-0.4, -0.2) is 40.8 Å². The van der Waals surface area contributed by atoms with E-state index < -0.39 is 23.4 Å². The Morgan fingerprint density at radius 3 is 2.08 bits per heavy atom. The number of ether oxygens (including phenoxy) is 1. The minimum Gasteiger partial charge on any atom is -0.444 e. The monoisotopic (exact) mass is 376 g/mol. The molecule has 0 aliphatic carbocycles. The van der Waals surface area contributed by atoms with Crippen LogP contribution in [0.4, 0.5) is 23.9 Å². The Hall–Kier alpha value is -2.06. The van der Waals surface area contributed by atoms with Gasteiger partial charge >= 0.3 is 12.3 Å². The van der Waals surface area contributed by atoms with Gasteiger partial charge in [0, 0.05) is 31.5 Å². The van der Waals surface area contributed by atoms with Gasteiger partial charge < -0.3 is 15.0 Å². The third-order valence-electron chi connectivity index (χ3n) is 3.46. The molecule has 9 heteroatoms. The molecule has 0 radical (unpaired) electrons. The molecule has 1 aliphatic rings. The van der Waals surface area contributed by atoms with Gasteiger partial charge in [-0.2, -0.15) is 13.2 Å². The van der Waals surface area contributed by atoms with E-state index in [9.17, 15) is 18.0 Å². The number of nitrogens with zero attached hydrogens (tertiary/aromatic N) is 3. The maximum absolute atomic E-state index is 12.5. The minimum atomic E-state index is -4.44. The standard InChI is InChI=1S/C15H21F3N4O2.C2H6/c1-14(2,3)24-13(23)21-11-4-6-22(7-5-11)12-19-8-10(9-20-12)15(16,17)18;1-2/h8-9,11H,4-7H2,1-3H3,(H,21,23);1-2H3. The van der Waals surface area contributed by atoms with Gasteiger partial charge in [0.05, 0.1) is 5.56 Å². The normalized spacial score (nSPS) is 15.8. The zero-order valence-corrected chi connectivity index (χ0v) is 15.9. The van der Waals surface area contributed by atoms with Crippen molar-refractivity contribution in [3.8, 4) is 0 Å². The fraction of sp³-hybridized carbons (Fsp3) is 0.706. The van der Waals surface area contributed by atoms with E-state index >= 15 is 0 Å². The van der Waals surface area contributed by atoms with Crippen molar-refractivity contribution in [2.45, 2.75) is 65.3 Å². The van der Waals surface area contributed by atoms with Crippen molar-refractivity contribution in [3.05, 3.63) is 18.0 Å². The van der Waals surface area contributed by atoms with Crippen LogP contribution in [-0.2, 0) is 10.9 Å². The number of aromatic nitrogens is 2. The molecule has 0 spiro atoms. The third kappa shape index (κ3) is 7.05. The summed E-state index contributed by atoms with van der Waals surface area (Å²) in [4.78, 5) is 21.1. The molecule has 0 bridgehead atoms. The Bertz CT molecular complexity index is 563. The highest BCUT2D eigenvalue weighted by molar-refractivity contribution is 5.68. The maximum atomic E-state index is 12.5. The first-order valence-corrected chi connectivity index (χ1v) is 8.68. The van der Waals surface area contributed by atoms with Gasteiger partial charge in [-0.1, -0.05) is 13.8 Å². The van der Waals surface area contributed by atoms with Crippen LogP contribution < -0.4 is 10.2 Å². The van der Waals surface area contributed by atoms with Crippen LogP contribution in [0.2, 0.25) is 0 Å². The van der Waals surface area contributed by atoms with Gasteiger partial charge in [0.15, 0.2) is 0 Å². The number of alkyl carbamates (subject to hydrolysis) is 1. The van der Waals surface area contributed by atoms with E-state index in [1.807, 2.05) is 13.8 Å². The highest BCUT2D eigenvalue weighted by atomic mass is 19.4. The van der Waals surface area contributed by atoms with Gasteiger partial charge in [-0.25, -0.2) is 14.8 Å². The Morgan fingerprint density at radius 1 is 1.15 bits per heavy atom. The fourth-order valence-corrected chi connectivity index (χ4v) is 2.33. The molecule has 0 unspecified atom stereocenters. The average molecular weight is 376 g/mol. The first-order valence-electron chi connectivity index (χ1n) is 8.68. The largest absolute Gasteiger partial charge is 0.444 e. The number of rotatable bonds is 2. The Balaban J connectivity index is 0.00000163. The van der Waals surface area contributed by atoms with Crippen LogP contribution in [0.3, 0.4) is 0 Å². The van der Waals surface area contributed by atoms with Crippen molar-refractivity contribution in [1.29, 1.82) is 0 Å². The number of halogens is 3. The number of nitrogens with one attached hydrogen (secondary N) is 1. The number of hydrogen-bond donors (Lipinski definition) is 1. The Labute approximate surface area is 152 Å². The van der Waals surface area contributed by atoms with E-state index in [0.717, 1.165) is 12.4 Å². The second kappa shape index (κ2) is 9.05. The van der Waals surface area contributed by atoms with Crippen LogP contribution in [0.25, 0.3) is 0 Å². The molecule has 1 aliphatic heterocycles. The molecule has 1 fully saturated rings. The van der Waals surface area contributed by atoms with Crippen molar-refractivity contribution in [2.75, 3.05) is 18.0 Å². The van der Waals surface area contributed by atoms with Gasteiger partial charge in [0.25, 0.3) is 0 Å². The van der Waals surface area contributed by atoms with Gasteiger partial charge in [0.2, 0.25) is 5.95 Å². The van der Waals surface area contributed by atoms with Gasteiger partial charge in [-0.15, -0.1) is 0 Å². The van der Waals surface area contributed by atoms with Crippen LogP contribution in [0.1, 0.15) is 53.0 Å². The molecule has 0 saturated carbocycles. The highest BCUT2D eigenvalue weighted by Crippen LogP contribution is 2.28. The molecule has 2 heterocycles. The maximum Gasteiger partial charge on any atom is 0.419 e. The van der Waals surface area contributed by atoms with Crippen molar-refractivity contribution in [3.63, 3.8) is 0 Å². The summed E-state index contributed by atoms with van der Waals surface area (Å²) < 4.78 is 42.7. The minimum absolute atomic E-state index is 0.0365. The predicted octanol–water partition coefficient (Wildman–Crippen LogP) is 4.02. The van der Waals surface area contributed by atoms with Gasteiger partial charge in [-0.3, -0.25) is 0 Å². The lowest BCUT2D eigenvalue weighted by atomic mass is 10.1. The topological polar surface area (TPSA) is 67.3 Å². The number of carbonyl (C=O) groups excluding carboxylic acids is 1. The summed E-state index contributed by atoms with van der Waals surface area (Å²) in [6, 6.07) is -0.0365. The first-order chi connectivity index (χ1) is 12.0. The van der Waals surface area contributed by atoms with E-state index in [1.165, 1.54) is 0 Å². The van der Waals surface area contributed by atoms with E-state index in [1.54, 1.807) is 25.7 Å². The molecular weight excluding hydrogens is 349 g/mol. The zero-order valence-electron chi connectivity index (χ0n) is 15.9. The van der Waals surface area contributed by atoms with Crippen molar-refractivity contribution >= 4 is 12.0 Å². The first kappa shape index (κ1) is 22.0. The number of piperidine rings is 1. The summed E-state index contributed by atoms with van der Waals surface area (Å²) in [5.74, 6) is 0.263. The van der Waals surface area contributed by atoms with Crippen LogP contribution in [0, 0.1) is 0 Å². The van der Waals surface area contributed by atoms with E-state index in [0.29, 0.717) is 25.9 Å². The fourth-order valence-electron chi connectivity index (χ4n) is 2.33. The molecule has 148 valence electrons. The lowest BCUT2D eigenvalue weighted by Crippen LogP contribution is -2.46. The van der Waals surface area contributed by atoms with Gasteiger partial charge in [0.1, 0.15) is 5.60 Å². The quantitative estimate of drug-likeness (QED) is 0.845. The van der Waals surface area contributed by atoms with Crippen LogP contribution >= 0.6 is 0 Å². The summed E-state index contributed by atoms with van der Waals surface area (Å²) in [7, 11) is 0. The third-order valence-corrected chi connectivity index (χ3v) is 3.46. The number of carbonyl (C=O) groups is 1. The molecule has 2 rings (SSSR count). The SMILES string of the molecule is CC.CC(C)(C)OC(=O)NC1CCN(c2ncc(C(F)(F)F)cn2)CC1. The van der Waals surface area contributed by atoms with E-state index in [4.69, 9.17) is 4.74 Å². The molecule has 0 atom stereocenters. The molecule has 1 saturated heterocycles. The summed E-state index contributed by atoms with van der Waals surface area (Å²) in [6.45, 7) is 10.5. The smallest absolute Gasteiger partial charge is 0.419 e. The number of alkyl halides is 3. The summed E-state index contributed by atoms with van der Waals surface area (Å²) in [5, 5.41) is 2.80. The number of hydrogen-bond acceptors (Lipinski definition) is 5. The highest BCUT2D eigenvalue weighted by Gasteiger charge is 2.32.